The van der Waals surface area contributed by atoms with Gasteiger partial charge < -0.3 is 10.2 Å². The molecule has 3 heterocycles. The summed E-state index contributed by atoms with van der Waals surface area (Å²) in [6, 6.07) is 5.96. The molecule has 1 amide bonds. The van der Waals surface area contributed by atoms with Crippen molar-refractivity contribution in [1.82, 2.24) is 15.2 Å². The van der Waals surface area contributed by atoms with Gasteiger partial charge in [0, 0.05) is 48.7 Å². The van der Waals surface area contributed by atoms with Crippen LogP contribution in [0.15, 0.2) is 36.0 Å². The lowest BCUT2D eigenvalue weighted by atomic mass is 10.0. The minimum atomic E-state index is 0.0712. The maximum absolute atomic E-state index is 12.6. The Hall–Kier alpha value is -1.43. The Morgan fingerprint density at radius 3 is 3.18 bits per heavy atom. The van der Waals surface area contributed by atoms with Gasteiger partial charge in [0.2, 0.25) is 5.91 Å². The smallest absolute Gasteiger partial charge is 0.223 e. The number of nitrogens with one attached hydrogen (secondary N) is 1. The zero-order valence-corrected chi connectivity index (χ0v) is 13.7. The van der Waals surface area contributed by atoms with Gasteiger partial charge in [-0.3, -0.25) is 9.78 Å². The van der Waals surface area contributed by atoms with Crippen molar-refractivity contribution in [2.75, 3.05) is 19.6 Å². The number of amides is 1. The number of carbonyl (C=O) groups excluding carboxylic acids is 1. The summed E-state index contributed by atoms with van der Waals surface area (Å²) in [5, 5.41) is 6.02. The van der Waals surface area contributed by atoms with E-state index in [1.54, 1.807) is 17.5 Å². The average Bonchev–Trinajstić information content (AvgIpc) is 2.99. The first kappa shape index (κ1) is 15.5. The van der Waals surface area contributed by atoms with Gasteiger partial charge in [0.25, 0.3) is 0 Å². The van der Waals surface area contributed by atoms with E-state index < -0.39 is 0 Å². The SMILES string of the molecule is O=C(CCc1cc(Cl)cs1)N1CCNCC1c1cccnc1. The average molecular weight is 336 g/mol. The van der Waals surface area contributed by atoms with Crippen molar-refractivity contribution in [1.29, 1.82) is 0 Å². The second-order valence-corrected chi connectivity index (χ2v) is 6.76. The lowest BCUT2D eigenvalue weighted by Crippen LogP contribution is -2.48. The topological polar surface area (TPSA) is 45.2 Å². The van der Waals surface area contributed by atoms with E-state index in [0.29, 0.717) is 6.42 Å². The number of halogens is 1. The molecule has 0 bridgehead atoms. The van der Waals surface area contributed by atoms with Gasteiger partial charge in [-0.15, -0.1) is 11.3 Å². The third-order valence-corrected chi connectivity index (χ3v) is 5.18. The first-order valence-corrected chi connectivity index (χ1v) is 8.63. The molecule has 0 spiro atoms. The molecule has 22 heavy (non-hydrogen) atoms. The predicted molar refractivity (Wildman–Crippen MR) is 89.2 cm³/mol. The third-order valence-electron chi connectivity index (χ3n) is 3.84. The standard InChI is InChI=1S/C16H18ClN3OS/c17-13-8-14(22-11-13)3-4-16(21)20-7-6-19-10-15(20)12-2-1-5-18-9-12/h1-2,5,8-9,11,15,19H,3-4,6-7,10H2. The molecule has 1 aliphatic heterocycles. The summed E-state index contributed by atoms with van der Waals surface area (Å²) < 4.78 is 0. The summed E-state index contributed by atoms with van der Waals surface area (Å²) in [4.78, 5) is 19.9. The molecule has 6 heteroatoms. The fraction of sp³-hybridized carbons (Fsp3) is 0.375. The molecule has 116 valence electrons. The quantitative estimate of drug-likeness (QED) is 0.934. The lowest BCUT2D eigenvalue weighted by molar-refractivity contribution is -0.134. The van der Waals surface area contributed by atoms with Crippen molar-refractivity contribution in [3.05, 3.63) is 51.4 Å². The first-order valence-electron chi connectivity index (χ1n) is 7.37. The highest BCUT2D eigenvalue weighted by Crippen LogP contribution is 2.24. The van der Waals surface area contributed by atoms with Crippen LogP contribution in [0, 0.1) is 0 Å². The van der Waals surface area contributed by atoms with Crippen LogP contribution in [0.1, 0.15) is 22.9 Å². The number of rotatable bonds is 4. The van der Waals surface area contributed by atoms with Crippen molar-refractivity contribution < 1.29 is 4.79 Å². The summed E-state index contributed by atoms with van der Waals surface area (Å²) in [6.07, 6.45) is 4.87. The summed E-state index contributed by atoms with van der Waals surface area (Å²) in [5.41, 5.74) is 1.09. The van der Waals surface area contributed by atoms with Gasteiger partial charge in [0.15, 0.2) is 0 Å². The fourth-order valence-corrected chi connectivity index (χ4v) is 3.81. The Morgan fingerprint density at radius 1 is 1.55 bits per heavy atom. The highest BCUT2D eigenvalue weighted by Gasteiger charge is 2.27. The second-order valence-electron chi connectivity index (χ2n) is 5.32. The van der Waals surface area contributed by atoms with Crippen LogP contribution in [0.2, 0.25) is 5.02 Å². The Morgan fingerprint density at radius 2 is 2.45 bits per heavy atom. The van der Waals surface area contributed by atoms with Crippen molar-refractivity contribution in [3.63, 3.8) is 0 Å². The zero-order valence-electron chi connectivity index (χ0n) is 12.2. The number of hydrogen-bond acceptors (Lipinski definition) is 4. The molecule has 1 atom stereocenters. The van der Waals surface area contributed by atoms with Gasteiger partial charge in [0.05, 0.1) is 11.1 Å². The van der Waals surface area contributed by atoms with Gasteiger partial charge in [-0.25, -0.2) is 0 Å². The molecule has 0 saturated carbocycles. The largest absolute Gasteiger partial charge is 0.333 e. The first-order chi connectivity index (χ1) is 10.7. The Kier molecular flexibility index (Phi) is 5.08. The van der Waals surface area contributed by atoms with Crippen LogP contribution in [0.4, 0.5) is 0 Å². The van der Waals surface area contributed by atoms with E-state index in [1.807, 2.05) is 34.7 Å². The minimum Gasteiger partial charge on any atom is -0.333 e. The summed E-state index contributed by atoms with van der Waals surface area (Å²) >= 11 is 7.54. The van der Waals surface area contributed by atoms with Crippen molar-refractivity contribution in [2.24, 2.45) is 0 Å². The van der Waals surface area contributed by atoms with Crippen LogP contribution in [0.25, 0.3) is 0 Å². The van der Waals surface area contributed by atoms with Crippen molar-refractivity contribution in [3.8, 4) is 0 Å². The van der Waals surface area contributed by atoms with Gasteiger partial charge in [0.1, 0.15) is 0 Å². The number of aryl methyl sites for hydroxylation is 1. The predicted octanol–water partition coefficient (Wildman–Crippen LogP) is 2.90. The molecule has 1 N–H and O–H groups in total. The Bertz CT molecular complexity index is 631. The highest BCUT2D eigenvalue weighted by molar-refractivity contribution is 7.10. The van der Waals surface area contributed by atoms with Crippen molar-refractivity contribution in [2.45, 2.75) is 18.9 Å². The summed E-state index contributed by atoms with van der Waals surface area (Å²) in [6.45, 7) is 2.36. The highest BCUT2D eigenvalue weighted by atomic mass is 35.5. The number of pyridine rings is 1. The number of carbonyl (C=O) groups is 1. The molecule has 2 aromatic rings. The monoisotopic (exact) mass is 335 g/mol. The van der Waals surface area contributed by atoms with Crippen LogP contribution < -0.4 is 5.32 Å². The summed E-state index contributed by atoms with van der Waals surface area (Å²) in [5.74, 6) is 0.194. The molecular formula is C16H18ClN3OS. The minimum absolute atomic E-state index is 0.0712. The second kappa shape index (κ2) is 7.22. The fourth-order valence-electron chi connectivity index (χ4n) is 2.73. The van der Waals surface area contributed by atoms with E-state index in [1.165, 1.54) is 0 Å². The number of piperazine rings is 1. The van der Waals surface area contributed by atoms with E-state index in [4.69, 9.17) is 11.6 Å². The number of hydrogen-bond donors (Lipinski definition) is 1. The van der Waals surface area contributed by atoms with Gasteiger partial charge in [-0.1, -0.05) is 17.7 Å². The molecule has 0 aliphatic carbocycles. The third kappa shape index (κ3) is 3.66. The van der Waals surface area contributed by atoms with E-state index in [9.17, 15) is 4.79 Å². The van der Waals surface area contributed by atoms with Crippen LogP contribution in [-0.2, 0) is 11.2 Å². The molecule has 4 nitrogen and oxygen atoms in total. The van der Waals surface area contributed by atoms with Gasteiger partial charge in [-0.2, -0.15) is 0 Å². The van der Waals surface area contributed by atoms with Crippen LogP contribution in [0.5, 0.6) is 0 Å². The molecule has 2 aromatic heterocycles. The maximum Gasteiger partial charge on any atom is 0.223 e. The van der Waals surface area contributed by atoms with E-state index in [-0.39, 0.29) is 11.9 Å². The number of aromatic nitrogens is 1. The molecule has 0 aromatic carbocycles. The van der Waals surface area contributed by atoms with E-state index in [0.717, 1.165) is 41.5 Å². The molecule has 3 rings (SSSR count). The van der Waals surface area contributed by atoms with Crippen LogP contribution in [-0.4, -0.2) is 35.4 Å². The molecule has 1 aliphatic rings. The Balaban J connectivity index is 1.66. The van der Waals surface area contributed by atoms with Crippen LogP contribution >= 0.6 is 22.9 Å². The molecule has 1 unspecified atom stereocenters. The molecule has 1 saturated heterocycles. The molecular weight excluding hydrogens is 318 g/mol. The maximum atomic E-state index is 12.6. The van der Waals surface area contributed by atoms with E-state index in [2.05, 4.69) is 10.3 Å². The van der Waals surface area contributed by atoms with Crippen molar-refractivity contribution >= 4 is 28.8 Å². The Labute approximate surface area is 139 Å². The normalized spacial score (nSPS) is 18.4. The number of thiophene rings is 1. The summed E-state index contributed by atoms with van der Waals surface area (Å²) in [7, 11) is 0. The van der Waals surface area contributed by atoms with Crippen LogP contribution in [0.3, 0.4) is 0 Å². The lowest BCUT2D eigenvalue weighted by Gasteiger charge is -2.36. The molecule has 1 fully saturated rings. The molecule has 0 radical (unpaired) electrons. The van der Waals surface area contributed by atoms with Gasteiger partial charge >= 0.3 is 0 Å². The van der Waals surface area contributed by atoms with Gasteiger partial charge in [-0.05, 0) is 24.1 Å². The van der Waals surface area contributed by atoms with E-state index >= 15 is 0 Å². The zero-order chi connectivity index (χ0) is 15.4. The number of nitrogens with zero attached hydrogens (tertiary/aromatic N) is 2.